The molecule has 0 bridgehead atoms. The highest BCUT2D eigenvalue weighted by Crippen LogP contribution is 2.26. The Hall–Kier alpha value is -2.60. The van der Waals surface area contributed by atoms with Crippen LogP contribution in [0.3, 0.4) is 0 Å². The Morgan fingerprint density at radius 1 is 0.735 bits per heavy atom. The largest absolute Gasteiger partial charge is 0.384 e. The molecule has 34 heavy (non-hydrogen) atoms. The van der Waals surface area contributed by atoms with Crippen LogP contribution in [0.5, 0.6) is 0 Å². The number of fused-ring (bicyclic) bond motifs is 2. The molecule has 0 amide bonds. The molecule has 5 rings (SSSR count). The van der Waals surface area contributed by atoms with E-state index in [9.17, 15) is 0 Å². The molecule has 7 heteroatoms. The van der Waals surface area contributed by atoms with Gasteiger partial charge in [0.2, 0.25) is 0 Å². The molecule has 2 atom stereocenters. The first-order valence-corrected chi connectivity index (χ1v) is 12.7. The molecule has 3 N–H and O–H groups in total. The summed E-state index contributed by atoms with van der Waals surface area (Å²) in [5, 5.41) is 14.7. The van der Waals surface area contributed by atoms with E-state index in [1.165, 1.54) is 19.3 Å². The Labute approximate surface area is 210 Å². The summed E-state index contributed by atoms with van der Waals surface area (Å²) in [6.07, 6.45) is 9.60. The third-order valence-corrected chi connectivity index (χ3v) is 7.07. The van der Waals surface area contributed by atoms with E-state index in [4.69, 9.17) is 23.2 Å². The van der Waals surface area contributed by atoms with Crippen molar-refractivity contribution in [2.45, 2.75) is 44.2 Å². The second-order valence-corrected chi connectivity index (χ2v) is 9.84. The van der Waals surface area contributed by atoms with Crippen LogP contribution in [0, 0.1) is 0 Å². The summed E-state index contributed by atoms with van der Waals surface area (Å²) in [7, 11) is 0. The lowest BCUT2D eigenvalue weighted by Gasteiger charge is -2.31. The maximum atomic E-state index is 6.11. The van der Waals surface area contributed by atoms with Gasteiger partial charge in [-0.15, -0.1) is 0 Å². The molecule has 1 saturated heterocycles. The first-order valence-electron chi connectivity index (χ1n) is 12.0. The molecular formula is C27H29Cl2N5. The van der Waals surface area contributed by atoms with Crippen molar-refractivity contribution in [1.82, 2.24) is 15.3 Å². The number of piperidine rings is 1. The van der Waals surface area contributed by atoms with Gasteiger partial charge >= 0.3 is 0 Å². The van der Waals surface area contributed by atoms with E-state index in [1.807, 2.05) is 60.9 Å². The number of rotatable bonds is 8. The van der Waals surface area contributed by atoms with Gasteiger partial charge in [0, 0.05) is 69.8 Å². The van der Waals surface area contributed by atoms with Crippen molar-refractivity contribution < 1.29 is 0 Å². The van der Waals surface area contributed by atoms with Crippen LogP contribution in [0.25, 0.3) is 21.8 Å². The van der Waals surface area contributed by atoms with Crippen LogP contribution in [-0.4, -0.2) is 35.1 Å². The summed E-state index contributed by atoms with van der Waals surface area (Å²) in [4.78, 5) is 8.86. The number of anilines is 2. The van der Waals surface area contributed by atoms with Crippen molar-refractivity contribution in [2.75, 3.05) is 23.7 Å². The van der Waals surface area contributed by atoms with Gasteiger partial charge in [-0.1, -0.05) is 29.6 Å². The van der Waals surface area contributed by atoms with Crippen LogP contribution < -0.4 is 16.0 Å². The Balaban J connectivity index is 1.11. The third kappa shape index (κ3) is 5.54. The van der Waals surface area contributed by atoms with Gasteiger partial charge in [0.05, 0.1) is 11.0 Å². The molecule has 2 aromatic carbocycles. The molecule has 2 aromatic heterocycles. The number of nitrogens with one attached hydrogen (secondary N) is 3. The molecule has 0 spiro atoms. The predicted octanol–water partition coefficient (Wildman–Crippen LogP) is 6.90. The average molecular weight is 494 g/mol. The van der Waals surface area contributed by atoms with Crippen LogP contribution in [0.2, 0.25) is 10.0 Å². The van der Waals surface area contributed by atoms with Crippen LogP contribution in [0.1, 0.15) is 32.1 Å². The Kier molecular flexibility index (Phi) is 7.33. The monoisotopic (exact) mass is 493 g/mol. The van der Waals surface area contributed by atoms with Gasteiger partial charge in [0.15, 0.2) is 0 Å². The quantitative estimate of drug-likeness (QED) is 0.249. The SMILES string of the molecule is Clc1ccc2c(NCCC3CCCC(CCNc4ccnc5cc(Cl)ccc45)N3)ccnc2c1. The van der Waals surface area contributed by atoms with Crippen LogP contribution >= 0.6 is 23.2 Å². The number of halogens is 2. The normalized spacial score (nSPS) is 18.3. The second kappa shape index (κ2) is 10.8. The fourth-order valence-electron chi connectivity index (χ4n) is 4.88. The first-order chi connectivity index (χ1) is 16.7. The van der Waals surface area contributed by atoms with E-state index in [-0.39, 0.29) is 0 Å². The van der Waals surface area contributed by atoms with E-state index in [2.05, 4.69) is 25.9 Å². The highest BCUT2D eigenvalue weighted by Gasteiger charge is 2.20. The van der Waals surface area contributed by atoms with Gasteiger partial charge in [-0.25, -0.2) is 0 Å². The van der Waals surface area contributed by atoms with Gasteiger partial charge in [0.25, 0.3) is 0 Å². The highest BCUT2D eigenvalue weighted by atomic mass is 35.5. The summed E-state index contributed by atoms with van der Waals surface area (Å²) in [6.45, 7) is 1.85. The zero-order chi connectivity index (χ0) is 23.3. The van der Waals surface area contributed by atoms with Crippen LogP contribution in [0.4, 0.5) is 11.4 Å². The summed E-state index contributed by atoms with van der Waals surface area (Å²) in [5.41, 5.74) is 4.07. The molecular weight excluding hydrogens is 465 g/mol. The minimum absolute atomic E-state index is 0.540. The Morgan fingerprint density at radius 3 is 1.74 bits per heavy atom. The Bertz CT molecular complexity index is 1180. The standard InChI is InChI=1S/C27H29Cl2N5/c28-18-4-6-22-24(10-14-32-26(22)16-18)30-12-8-20-2-1-3-21(34-20)9-13-31-25-11-15-33-27-17-19(29)5-7-23(25)27/h4-7,10-11,14-17,20-21,34H,1-3,8-9,12-13H2,(H,30,32)(H,31,33). The van der Waals surface area contributed by atoms with Gasteiger partial charge in [-0.05, 0) is 74.2 Å². The number of hydrogen-bond acceptors (Lipinski definition) is 5. The Morgan fingerprint density at radius 2 is 1.24 bits per heavy atom. The zero-order valence-corrected chi connectivity index (χ0v) is 20.5. The molecule has 2 unspecified atom stereocenters. The minimum Gasteiger partial charge on any atom is -0.384 e. The average Bonchev–Trinajstić information content (AvgIpc) is 2.84. The number of nitrogens with zero attached hydrogens (tertiary/aromatic N) is 2. The predicted molar refractivity (Wildman–Crippen MR) is 144 cm³/mol. The lowest BCUT2D eigenvalue weighted by Crippen LogP contribution is -2.43. The molecule has 176 valence electrons. The van der Waals surface area contributed by atoms with Crippen molar-refractivity contribution in [3.8, 4) is 0 Å². The first kappa shape index (κ1) is 23.2. The number of aromatic nitrogens is 2. The van der Waals surface area contributed by atoms with Gasteiger partial charge in [0.1, 0.15) is 0 Å². The lowest BCUT2D eigenvalue weighted by atomic mass is 9.94. The summed E-state index contributed by atoms with van der Waals surface area (Å²) in [5.74, 6) is 0. The smallest absolute Gasteiger partial charge is 0.0737 e. The number of pyridine rings is 2. The van der Waals surface area contributed by atoms with Crippen LogP contribution in [-0.2, 0) is 0 Å². The maximum absolute atomic E-state index is 6.11. The van der Waals surface area contributed by atoms with Crippen molar-refractivity contribution in [3.05, 3.63) is 71.0 Å². The summed E-state index contributed by atoms with van der Waals surface area (Å²) in [6, 6.07) is 16.9. The van der Waals surface area contributed by atoms with E-state index < -0.39 is 0 Å². The molecule has 0 aliphatic carbocycles. The van der Waals surface area contributed by atoms with E-state index >= 15 is 0 Å². The van der Waals surface area contributed by atoms with E-state index in [1.54, 1.807) is 0 Å². The fraction of sp³-hybridized carbons (Fsp3) is 0.333. The number of benzene rings is 2. The molecule has 1 aliphatic heterocycles. The van der Waals surface area contributed by atoms with Gasteiger partial charge < -0.3 is 16.0 Å². The van der Waals surface area contributed by atoms with Gasteiger partial charge in [-0.3, -0.25) is 9.97 Å². The van der Waals surface area contributed by atoms with Crippen molar-refractivity contribution in [3.63, 3.8) is 0 Å². The van der Waals surface area contributed by atoms with Crippen LogP contribution in [0.15, 0.2) is 60.9 Å². The molecule has 1 aliphatic rings. The lowest BCUT2D eigenvalue weighted by molar-refractivity contribution is 0.304. The van der Waals surface area contributed by atoms with E-state index in [0.29, 0.717) is 22.1 Å². The van der Waals surface area contributed by atoms with Crippen molar-refractivity contribution in [2.24, 2.45) is 0 Å². The fourth-order valence-corrected chi connectivity index (χ4v) is 5.21. The second-order valence-electron chi connectivity index (χ2n) is 8.96. The topological polar surface area (TPSA) is 61.9 Å². The van der Waals surface area contributed by atoms with Gasteiger partial charge in [-0.2, -0.15) is 0 Å². The zero-order valence-electron chi connectivity index (χ0n) is 19.0. The molecule has 0 saturated carbocycles. The summed E-state index contributed by atoms with van der Waals surface area (Å²) < 4.78 is 0. The number of hydrogen-bond donors (Lipinski definition) is 3. The highest BCUT2D eigenvalue weighted by molar-refractivity contribution is 6.31. The maximum Gasteiger partial charge on any atom is 0.0737 e. The molecule has 0 radical (unpaired) electrons. The van der Waals surface area contributed by atoms with E-state index in [0.717, 1.165) is 59.1 Å². The minimum atomic E-state index is 0.540. The van der Waals surface area contributed by atoms with Crippen molar-refractivity contribution >= 4 is 56.4 Å². The molecule has 4 aromatic rings. The third-order valence-electron chi connectivity index (χ3n) is 6.60. The van der Waals surface area contributed by atoms with Crippen molar-refractivity contribution in [1.29, 1.82) is 0 Å². The molecule has 1 fully saturated rings. The summed E-state index contributed by atoms with van der Waals surface area (Å²) >= 11 is 12.2. The molecule has 5 nitrogen and oxygen atoms in total. The molecule has 3 heterocycles.